The maximum absolute atomic E-state index is 11.4. The van der Waals surface area contributed by atoms with Crippen molar-refractivity contribution in [2.45, 2.75) is 13.3 Å². The standard InChI is InChI=1S/C12H15NO4/c1-3-17-10-6-4-5-9(7-10)13-11(14)8-12(15)16-2/h4-7H,3,8H2,1-2H3,(H,13,14). The van der Waals surface area contributed by atoms with Gasteiger partial charge < -0.3 is 14.8 Å². The zero-order valence-electron chi connectivity index (χ0n) is 9.86. The Labute approximate surface area is 99.7 Å². The minimum absolute atomic E-state index is 0.296. The van der Waals surface area contributed by atoms with E-state index in [4.69, 9.17) is 4.74 Å². The minimum Gasteiger partial charge on any atom is -0.494 e. The van der Waals surface area contributed by atoms with Gasteiger partial charge in [-0.05, 0) is 19.1 Å². The molecule has 0 aliphatic rings. The Bertz CT molecular complexity index is 403. The van der Waals surface area contributed by atoms with Gasteiger partial charge in [0.15, 0.2) is 0 Å². The van der Waals surface area contributed by atoms with Gasteiger partial charge in [-0.1, -0.05) is 6.07 Å². The third kappa shape index (κ3) is 4.55. The lowest BCUT2D eigenvalue weighted by atomic mass is 10.3. The van der Waals surface area contributed by atoms with Crippen LogP contribution in [0.15, 0.2) is 24.3 Å². The molecule has 1 N–H and O–H groups in total. The smallest absolute Gasteiger partial charge is 0.315 e. The molecule has 0 spiro atoms. The summed E-state index contributed by atoms with van der Waals surface area (Å²) in [5, 5.41) is 2.59. The van der Waals surface area contributed by atoms with Crippen LogP contribution >= 0.6 is 0 Å². The van der Waals surface area contributed by atoms with Crippen LogP contribution in [0.4, 0.5) is 5.69 Å². The van der Waals surface area contributed by atoms with Crippen molar-refractivity contribution in [2.24, 2.45) is 0 Å². The molecule has 0 radical (unpaired) electrons. The maximum atomic E-state index is 11.4. The number of ether oxygens (including phenoxy) is 2. The summed E-state index contributed by atoms with van der Waals surface area (Å²) in [5.74, 6) is -0.308. The van der Waals surface area contributed by atoms with Crippen LogP contribution in [0.25, 0.3) is 0 Å². The number of amides is 1. The van der Waals surface area contributed by atoms with Crippen LogP contribution in [-0.2, 0) is 14.3 Å². The van der Waals surface area contributed by atoms with Gasteiger partial charge in [0.2, 0.25) is 5.91 Å². The van der Waals surface area contributed by atoms with E-state index in [1.165, 1.54) is 7.11 Å². The maximum Gasteiger partial charge on any atom is 0.315 e. The third-order valence-corrected chi connectivity index (χ3v) is 1.96. The Morgan fingerprint density at radius 1 is 1.35 bits per heavy atom. The zero-order valence-corrected chi connectivity index (χ0v) is 9.86. The van der Waals surface area contributed by atoms with Crippen LogP contribution in [-0.4, -0.2) is 25.6 Å². The highest BCUT2D eigenvalue weighted by Crippen LogP contribution is 2.17. The van der Waals surface area contributed by atoms with Crippen molar-refractivity contribution in [2.75, 3.05) is 19.0 Å². The molecule has 0 saturated carbocycles. The first-order chi connectivity index (χ1) is 8.15. The van der Waals surface area contributed by atoms with E-state index < -0.39 is 11.9 Å². The Balaban J connectivity index is 2.58. The van der Waals surface area contributed by atoms with E-state index >= 15 is 0 Å². The van der Waals surface area contributed by atoms with E-state index in [1.807, 2.05) is 6.92 Å². The highest BCUT2D eigenvalue weighted by Gasteiger charge is 2.09. The van der Waals surface area contributed by atoms with Crippen molar-refractivity contribution in [3.63, 3.8) is 0 Å². The van der Waals surface area contributed by atoms with Gasteiger partial charge in [-0.3, -0.25) is 9.59 Å². The summed E-state index contributed by atoms with van der Waals surface area (Å²) in [6.45, 7) is 2.43. The first-order valence-corrected chi connectivity index (χ1v) is 5.25. The van der Waals surface area contributed by atoms with Crippen LogP contribution in [0, 0.1) is 0 Å². The fourth-order valence-corrected chi connectivity index (χ4v) is 1.24. The Hall–Kier alpha value is -2.04. The van der Waals surface area contributed by atoms with Gasteiger partial charge in [0, 0.05) is 11.8 Å². The molecule has 1 aromatic rings. The predicted molar refractivity (Wildman–Crippen MR) is 62.9 cm³/mol. The van der Waals surface area contributed by atoms with Gasteiger partial charge in [0.1, 0.15) is 12.2 Å². The molecule has 1 amide bonds. The second kappa shape index (κ2) is 6.52. The second-order valence-corrected chi connectivity index (χ2v) is 3.26. The van der Waals surface area contributed by atoms with Gasteiger partial charge in [0.05, 0.1) is 13.7 Å². The molecular weight excluding hydrogens is 222 g/mol. The molecule has 5 heteroatoms. The average Bonchev–Trinajstić information content (AvgIpc) is 2.29. The molecule has 0 fully saturated rings. The number of rotatable bonds is 5. The molecular formula is C12H15NO4. The predicted octanol–water partition coefficient (Wildman–Crippen LogP) is 1.59. The first-order valence-electron chi connectivity index (χ1n) is 5.25. The fraction of sp³-hybridized carbons (Fsp3) is 0.333. The van der Waals surface area contributed by atoms with Crippen molar-refractivity contribution in [1.82, 2.24) is 0 Å². The summed E-state index contributed by atoms with van der Waals surface area (Å²) in [5.41, 5.74) is 0.588. The van der Waals surface area contributed by atoms with Gasteiger partial charge in [-0.2, -0.15) is 0 Å². The number of hydrogen-bond donors (Lipinski definition) is 1. The second-order valence-electron chi connectivity index (χ2n) is 3.26. The van der Waals surface area contributed by atoms with Gasteiger partial charge >= 0.3 is 5.97 Å². The number of carbonyl (C=O) groups is 2. The highest BCUT2D eigenvalue weighted by molar-refractivity contribution is 6.01. The summed E-state index contributed by atoms with van der Waals surface area (Å²) in [4.78, 5) is 22.3. The molecule has 1 rings (SSSR count). The minimum atomic E-state index is -0.566. The summed E-state index contributed by atoms with van der Waals surface area (Å²) in [6, 6.07) is 6.97. The average molecular weight is 237 g/mol. The van der Waals surface area contributed by atoms with Crippen LogP contribution in [0.5, 0.6) is 5.75 Å². The number of carbonyl (C=O) groups excluding carboxylic acids is 2. The lowest BCUT2D eigenvalue weighted by molar-refractivity contribution is -0.142. The van der Waals surface area contributed by atoms with Crippen LogP contribution in [0.2, 0.25) is 0 Å². The summed E-state index contributed by atoms with van der Waals surface area (Å²) in [7, 11) is 1.24. The highest BCUT2D eigenvalue weighted by atomic mass is 16.5. The van der Waals surface area contributed by atoms with E-state index in [9.17, 15) is 9.59 Å². The van der Waals surface area contributed by atoms with Crippen molar-refractivity contribution in [1.29, 1.82) is 0 Å². The Morgan fingerprint density at radius 3 is 2.76 bits per heavy atom. The lowest BCUT2D eigenvalue weighted by Crippen LogP contribution is -2.17. The van der Waals surface area contributed by atoms with Crippen molar-refractivity contribution < 1.29 is 19.1 Å². The normalized spacial score (nSPS) is 9.53. The van der Waals surface area contributed by atoms with Crippen LogP contribution in [0.1, 0.15) is 13.3 Å². The van der Waals surface area contributed by atoms with E-state index in [2.05, 4.69) is 10.1 Å². The molecule has 0 aromatic heterocycles. The summed E-state index contributed by atoms with van der Waals surface area (Å²) >= 11 is 0. The number of benzene rings is 1. The number of anilines is 1. The Morgan fingerprint density at radius 2 is 2.12 bits per heavy atom. The van der Waals surface area contributed by atoms with E-state index in [0.29, 0.717) is 18.0 Å². The topological polar surface area (TPSA) is 64.6 Å². The van der Waals surface area contributed by atoms with Crippen LogP contribution in [0.3, 0.4) is 0 Å². The molecule has 0 bridgehead atoms. The molecule has 0 aliphatic carbocycles. The van der Waals surface area contributed by atoms with E-state index in [-0.39, 0.29) is 6.42 Å². The summed E-state index contributed by atoms with van der Waals surface area (Å²) in [6.07, 6.45) is -0.296. The molecule has 0 heterocycles. The number of nitrogens with one attached hydrogen (secondary N) is 1. The lowest BCUT2D eigenvalue weighted by Gasteiger charge is -2.07. The van der Waals surface area contributed by atoms with E-state index in [0.717, 1.165) is 0 Å². The van der Waals surface area contributed by atoms with Gasteiger partial charge in [-0.15, -0.1) is 0 Å². The SMILES string of the molecule is CCOc1cccc(NC(=O)CC(=O)OC)c1. The molecule has 0 atom stereocenters. The van der Waals surface area contributed by atoms with Crippen LogP contribution < -0.4 is 10.1 Å². The van der Waals surface area contributed by atoms with Crippen molar-refractivity contribution >= 4 is 17.6 Å². The number of esters is 1. The first kappa shape index (κ1) is 13.0. The molecule has 1 aromatic carbocycles. The Kier molecular flexibility index (Phi) is 5.00. The number of hydrogen-bond acceptors (Lipinski definition) is 4. The zero-order chi connectivity index (χ0) is 12.7. The molecule has 17 heavy (non-hydrogen) atoms. The van der Waals surface area contributed by atoms with Gasteiger partial charge in [0.25, 0.3) is 0 Å². The molecule has 0 unspecified atom stereocenters. The molecule has 0 aliphatic heterocycles. The molecule has 5 nitrogen and oxygen atoms in total. The molecule has 0 saturated heterocycles. The monoisotopic (exact) mass is 237 g/mol. The third-order valence-electron chi connectivity index (χ3n) is 1.96. The summed E-state index contributed by atoms with van der Waals surface area (Å²) < 4.78 is 9.68. The largest absolute Gasteiger partial charge is 0.494 e. The fourth-order valence-electron chi connectivity index (χ4n) is 1.24. The van der Waals surface area contributed by atoms with E-state index in [1.54, 1.807) is 24.3 Å². The van der Waals surface area contributed by atoms with Crippen molar-refractivity contribution in [3.05, 3.63) is 24.3 Å². The quantitative estimate of drug-likeness (QED) is 0.624. The van der Waals surface area contributed by atoms with Crippen molar-refractivity contribution in [3.8, 4) is 5.75 Å². The molecule has 92 valence electrons. The number of methoxy groups -OCH3 is 1. The van der Waals surface area contributed by atoms with Gasteiger partial charge in [-0.25, -0.2) is 0 Å².